The van der Waals surface area contributed by atoms with Gasteiger partial charge in [-0.25, -0.2) is 0 Å². The predicted molar refractivity (Wildman–Crippen MR) is 79.4 cm³/mol. The summed E-state index contributed by atoms with van der Waals surface area (Å²) < 4.78 is 0. The molecule has 0 amide bonds. The number of hydrogen-bond donors (Lipinski definition) is 1. The van der Waals surface area contributed by atoms with Crippen LogP contribution in [0.1, 0.15) is 25.7 Å². The molecule has 0 radical (unpaired) electrons. The lowest BCUT2D eigenvalue weighted by atomic mass is 9.98. The van der Waals surface area contributed by atoms with Gasteiger partial charge < -0.3 is 15.1 Å². The first-order valence-corrected chi connectivity index (χ1v) is 8.74. The van der Waals surface area contributed by atoms with E-state index in [4.69, 9.17) is 0 Å². The minimum atomic E-state index is 0.790. The van der Waals surface area contributed by atoms with Gasteiger partial charge in [0.1, 0.15) is 0 Å². The van der Waals surface area contributed by atoms with Crippen molar-refractivity contribution in [3.05, 3.63) is 0 Å². The van der Waals surface area contributed by atoms with Crippen molar-refractivity contribution in [3.8, 4) is 0 Å². The Labute approximate surface area is 116 Å². The summed E-state index contributed by atoms with van der Waals surface area (Å²) >= 11 is 2.10. The molecule has 104 valence electrons. The highest BCUT2D eigenvalue weighted by atomic mass is 32.2. The van der Waals surface area contributed by atoms with Crippen LogP contribution in [0.2, 0.25) is 0 Å². The lowest BCUT2D eigenvalue weighted by molar-refractivity contribution is 0.146. The fourth-order valence-corrected chi connectivity index (χ4v) is 4.81. The zero-order chi connectivity index (χ0) is 12.4. The summed E-state index contributed by atoms with van der Waals surface area (Å²) in [4.78, 5) is 5.24. The largest absolute Gasteiger partial charge is 0.313 e. The molecule has 3 aliphatic heterocycles. The Kier molecular flexibility index (Phi) is 4.50. The second kappa shape index (κ2) is 6.12. The molecule has 0 aliphatic carbocycles. The van der Waals surface area contributed by atoms with Gasteiger partial charge in [0.05, 0.1) is 0 Å². The predicted octanol–water partition coefficient (Wildman–Crippen LogP) is 1.25. The molecule has 2 bridgehead atoms. The molecule has 4 heteroatoms. The van der Waals surface area contributed by atoms with E-state index in [0.717, 1.165) is 18.1 Å². The average molecular weight is 269 g/mol. The monoisotopic (exact) mass is 269 g/mol. The van der Waals surface area contributed by atoms with Crippen LogP contribution in [-0.2, 0) is 0 Å². The summed E-state index contributed by atoms with van der Waals surface area (Å²) in [5, 5.41) is 3.82. The van der Waals surface area contributed by atoms with Gasteiger partial charge in [0.15, 0.2) is 0 Å². The molecule has 0 aromatic carbocycles. The van der Waals surface area contributed by atoms with Crippen LogP contribution in [0.4, 0.5) is 0 Å². The number of piperidine rings is 1. The van der Waals surface area contributed by atoms with Crippen LogP contribution in [0.25, 0.3) is 0 Å². The molecule has 2 unspecified atom stereocenters. The number of fused-ring (bicyclic) bond motifs is 2. The van der Waals surface area contributed by atoms with E-state index in [0.29, 0.717) is 0 Å². The molecule has 3 aliphatic rings. The minimum Gasteiger partial charge on any atom is -0.313 e. The number of nitrogens with zero attached hydrogens (tertiary/aromatic N) is 2. The molecule has 18 heavy (non-hydrogen) atoms. The lowest BCUT2D eigenvalue weighted by Gasteiger charge is -2.37. The highest BCUT2D eigenvalue weighted by Gasteiger charge is 2.37. The second-order valence-electron chi connectivity index (χ2n) is 6.13. The van der Waals surface area contributed by atoms with Crippen molar-refractivity contribution in [2.75, 3.05) is 44.7 Å². The second-order valence-corrected chi connectivity index (χ2v) is 7.35. The maximum atomic E-state index is 3.82. The van der Waals surface area contributed by atoms with Crippen molar-refractivity contribution in [2.45, 2.75) is 43.8 Å². The normalized spacial score (nSPS) is 38.2. The maximum absolute atomic E-state index is 3.82. The molecule has 1 N–H and O–H groups in total. The highest BCUT2D eigenvalue weighted by Crippen LogP contribution is 2.34. The van der Waals surface area contributed by atoms with Crippen LogP contribution in [-0.4, -0.2) is 72.7 Å². The van der Waals surface area contributed by atoms with Gasteiger partial charge in [-0.1, -0.05) is 0 Å². The number of nitrogens with one attached hydrogen (secondary N) is 1. The van der Waals surface area contributed by atoms with E-state index in [9.17, 15) is 0 Å². The molecule has 3 heterocycles. The van der Waals surface area contributed by atoms with Crippen LogP contribution in [0.5, 0.6) is 0 Å². The molecule has 0 saturated carbocycles. The smallest absolute Gasteiger partial charge is 0.0111 e. The third-order valence-electron chi connectivity index (χ3n) is 5.06. The van der Waals surface area contributed by atoms with Crippen LogP contribution < -0.4 is 5.32 Å². The van der Waals surface area contributed by atoms with Gasteiger partial charge in [-0.15, -0.1) is 0 Å². The summed E-state index contributed by atoms with van der Waals surface area (Å²) in [6.45, 7) is 5.04. The Morgan fingerprint density at radius 2 is 1.78 bits per heavy atom. The summed E-state index contributed by atoms with van der Waals surface area (Å²) in [5.41, 5.74) is 0. The van der Waals surface area contributed by atoms with Crippen LogP contribution in [0, 0.1) is 0 Å². The van der Waals surface area contributed by atoms with E-state index in [1.54, 1.807) is 0 Å². The first-order chi connectivity index (χ1) is 8.83. The van der Waals surface area contributed by atoms with Crippen LogP contribution >= 0.6 is 11.8 Å². The molecule has 0 aromatic rings. The minimum absolute atomic E-state index is 0.790. The molecule has 3 nitrogen and oxygen atoms in total. The highest BCUT2D eigenvalue weighted by molar-refractivity contribution is 7.99. The lowest BCUT2D eigenvalue weighted by Crippen LogP contribution is -2.49. The van der Waals surface area contributed by atoms with Gasteiger partial charge in [0.2, 0.25) is 0 Å². The fourth-order valence-electron chi connectivity index (χ4n) is 3.83. The van der Waals surface area contributed by atoms with E-state index < -0.39 is 0 Å². The van der Waals surface area contributed by atoms with E-state index in [2.05, 4.69) is 33.9 Å². The number of hydrogen-bond acceptors (Lipinski definition) is 4. The van der Waals surface area contributed by atoms with E-state index in [-0.39, 0.29) is 0 Å². The van der Waals surface area contributed by atoms with E-state index >= 15 is 0 Å². The van der Waals surface area contributed by atoms with E-state index in [1.807, 2.05) is 0 Å². The number of rotatable bonds is 4. The van der Waals surface area contributed by atoms with E-state index in [1.165, 1.54) is 63.4 Å². The van der Waals surface area contributed by atoms with Gasteiger partial charge in [-0.3, -0.25) is 0 Å². The molecular formula is C14H27N3S. The molecule has 0 spiro atoms. The van der Waals surface area contributed by atoms with Crippen molar-refractivity contribution < 1.29 is 0 Å². The summed E-state index contributed by atoms with van der Waals surface area (Å²) in [5.74, 6) is 2.66. The topological polar surface area (TPSA) is 18.5 Å². The van der Waals surface area contributed by atoms with Crippen LogP contribution in [0.3, 0.4) is 0 Å². The zero-order valence-corrected chi connectivity index (χ0v) is 12.4. The molecule has 3 fully saturated rings. The molecule has 2 atom stereocenters. The van der Waals surface area contributed by atoms with Gasteiger partial charge in [-0.2, -0.15) is 11.8 Å². The molecule has 3 rings (SSSR count). The first-order valence-electron chi connectivity index (χ1n) is 7.58. The van der Waals surface area contributed by atoms with Gasteiger partial charge in [0, 0.05) is 55.8 Å². The maximum Gasteiger partial charge on any atom is 0.0111 e. The Morgan fingerprint density at radius 3 is 2.44 bits per heavy atom. The Balaban J connectivity index is 1.36. The van der Waals surface area contributed by atoms with Crippen LogP contribution in [0.15, 0.2) is 0 Å². The first kappa shape index (κ1) is 13.2. The molecular weight excluding hydrogens is 242 g/mol. The Hall–Kier alpha value is 0.230. The number of thioether (sulfide) groups is 1. The summed E-state index contributed by atoms with van der Waals surface area (Å²) in [6.07, 6.45) is 5.62. The summed E-state index contributed by atoms with van der Waals surface area (Å²) in [7, 11) is 2.32. The average Bonchev–Trinajstić information content (AvgIpc) is 2.64. The Morgan fingerprint density at radius 1 is 1.11 bits per heavy atom. The van der Waals surface area contributed by atoms with Crippen molar-refractivity contribution in [1.82, 2.24) is 15.1 Å². The van der Waals surface area contributed by atoms with Gasteiger partial charge in [0.25, 0.3) is 0 Å². The SMILES string of the molecule is CN1C2CCC1CC(NCCN1CCSCC1)C2. The summed E-state index contributed by atoms with van der Waals surface area (Å²) in [6, 6.07) is 2.53. The Bertz CT molecular complexity index is 254. The quantitative estimate of drug-likeness (QED) is 0.827. The third kappa shape index (κ3) is 3.03. The molecule has 0 aromatic heterocycles. The van der Waals surface area contributed by atoms with Crippen molar-refractivity contribution >= 4 is 11.8 Å². The third-order valence-corrected chi connectivity index (χ3v) is 6.01. The standard InChI is InChI=1S/C14H27N3S/c1-16-13-2-3-14(16)11-12(10-13)15-4-5-17-6-8-18-9-7-17/h12-15H,2-11H2,1H3. The van der Waals surface area contributed by atoms with Crippen molar-refractivity contribution in [3.63, 3.8) is 0 Å². The zero-order valence-electron chi connectivity index (χ0n) is 11.6. The fraction of sp³-hybridized carbons (Fsp3) is 1.00. The van der Waals surface area contributed by atoms with Gasteiger partial charge in [-0.05, 0) is 32.7 Å². The van der Waals surface area contributed by atoms with Crippen molar-refractivity contribution in [2.24, 2.45) is 0 Å². The molecule has 3 saturated heterocycles. The van der Waals surface area contributed by atoms with Gasteiger partial charge >= 0.3 is 0 Å². The van der Waals surface area contributed by atoms with Crippen molar-refractivity contribution in [1.29, 1.82) is 0 Å².